The maximum Gasteiger partial charge on any atom is 0.0174 e. The summed E-state index contributed by atoms with van der Waals surface area (Å²) in [6.07, 6.45) is 0.944. The fourth-order valence-corrected chi connectivity index (χ4v) is 2.87. The molecule has 18 heavy (non-hydrogen) atoms. The lowest BCUT2D eigenvalue weighted by Gasteiger charge is -2.12. The molecule has 0 saturated heterocycles. The fourth-order valence-electron chi connectivity index (χ4n) is 1.89. The summed E-state index contributed by atoms with van der Waals surface area (Å²) in [5.41, 5.74) is 8.83. The Hall–Kier alpha value is -1.25. The molecule has 0 heterocycles. The molecule has 2 rings (SSSR count). The first-order chi connectivity index (χ1) is 8.75. The molecular formula is C16H19NS. The van der Waals surface area contributed by atoms with E-state index in [1.165, 1.54) is 16.0 Å². The van der Waals surface area contributed by atoms with E-state index in [0.717, 1.165) is 12.2 Å². The number of nitrogens with two attached hydrogens (primary N) is 1. The predicted octanol–water partition coefficient (Wildman–Crippen LogP) is 3.66. The van der Waals surface area contributed by atoms with Crippen LogP contribution < -0.4 is 5.73 Å². The Bertz CT molecular complexity index is 481. The van der Waals surface area contributed by atoms with E-state index in [2.05, 4.69) is 55.5 Å². The van der Waals surface area contributed by atoms with Crippen LogP contribution in [0.5, 0.6) is 0 Å². The molecule has 0 spiro atoms. The molecule has 0 aliphatic heterocycles. The van der Waals surface area contributed by atoms with Crippen LogP contribution in [-0.4, -0.2) is 11.8 Å². The molecular weight excluding hydrogens is 238 g/mol. The Morgan fingerprint density at radius 2 is 1.67 bits per heavy atom. The molecule has 0 aliphatic rings. The zero-order valence-electron chi connectivity index (χ0n) is 10.7. The lowest BCUT2D eigenvalue weighted by molar-refractivity contribution is 0.748. The summed E-state index contributed by atoms with van der Waals surface area (Å²) in [6, 6.07) is 19.1. The highest BCUT2D eigenvalue weighted by Crippen LogP contribution is 2.22. The van der Waals surface area contributed by atoms with E-state index in [-0.39, 0.29) is 6.04 Å². The molecule has 2 aromatic carbocycles. The van der Waals surface area contributed by atoms with Crippen LogP contribution in [0.1, 0.15) is 11.1 Å². The third-order valence-corrected chi connectivity index (χ3v) is 4.25. The van der Waals surface area contributed by atoms with E-state index in [0.29, 0.717) is 0 Å². The normalized spacial score (nSPS) is 12.3. The van der Waals surface area contributed by atoms with E-state index >= 15 is 0 Å². The number of hydrogen-bond donors (Lipinski definition) is 1. The third-order valence-electron chi connectivity index (χ3n) is 2.89. The lowest BCUT2D eigenvalue weighted by atomic mass is 10.1. The molecule has 1 atom stereocenters. The van der Waals surface area contributed by atoms with Crippen LogP contribution >= 0.6 is 11.8 Å². The molecule has 1 unspecified atom stereocenters. The average Bonchev–Trinajstić information content (AvgIpc) is 2.39. The molecule has 0 aromatic heterocycles. The van der Waals surface area contributed by atoms with Crippen molar-refractivity contribution in [3.8, 4) is 0 Å². The van der Waals surface area contributed by atoms with Crippen LogP contribution in [0, 0.1) is 6.92 Å². The number of hydrogen-bond acceptors (Lipinski definition) is 2. The van der Waals surface area contributed by atoms with E-state index < -0.39 is 0 Å². The van der Waals surface area contributed by atoms with Gasteiger partial charge in [-0.15, -0.1) is 11.8 Å². The van der Waals surface area contributed by atoms with Crippen molar-refractivity contribution in [1.29, 1.82) is 0 Å². The highest BCUT2D eigenvalue weighted by atomic mass is 32.2. The van der Waals surface area contributed by atoms with Gasteiger partial charge in [0.15, 0.2) is 0 Å². The second-order valence-electron chi connectivity index (χ2n) is 4.53. The van der Waals surface area contributed by atoms with Gasteiger partial charge in [-0.1, -0.05) is 48.5 Å². The number of benzene rings is 2. The molecule has 2 N–H and O–H groups in total. The Morgan fingerprint density at radius 1 is 1.00 bits per heavy atom. The summed E-state index contributed by atoms with van der Waals surface area (Å²) >= 11 is 1.85. The van der Waals surface area contributed by atoms with Gasteiger partial charge in [0.2, 0.25) is 0 Å². The highest BCUT2D eigenvalue weighted by molar-refractivity contribution is 7.99. The molecule has 1 nitrogen and oxygen atoms in total. The van der Waals surface area contributed by atoms with Gasteiger partial charge in [-0.25, -0.2) is 0 Å². The van der Waals surface area contributed by atoms with Crippen molar-refractivity contribution in [1.82, 2.24) is 0 Å². The van der Waals surface area contributed by atoms with Gasteiger partial charge in [-0.2, -0.15) is 0 Å². The van der Waals surface area contributed by atoms with Gasteiger partial charge in [-0.05, 0) is 30.5 Å². The van der Waals surface area contributed by atoms with Crippen molar-refractivity contribution in [3.05, 3.63) is 65.7 Å². The zero-order valence-corrected chi connectivity index (χ0v) is 11.5. The predicted molar refractivity (Wildman–Crippen MR) is 80.0 cm³/mol. The third kappa shape index (κ3) is 3.90. The minimum atomic E-state index is 0.206. The van der Waals surface area contributed by atoms with Gasteiger partial charge >= 0.3 is 0 Å². The quantitative estimate of drug-likeness (QED) is 0.827. The monoisotopic (exact) mass is 257 g/mol. The molecule has 0 amide bonds. The van der Waals surface area contributed by atoms with Gasteiger partial charge in [0.1, 0.15) is 0 Å². The average molecular weight is 257 g/mol. The van der Waals surface area contributed by atoms with Crippen molar-refractivity contribution in [2.75, 3.05) is 5.75 Å². The summed E-state index contributed by atoms with van der Waals surface area (Å²) in [5.74, 6) is 0.958. The van der Waals surface area contributed by atoms with Crippen molar-refractivity contribution < 1.29 is 0 Å². The summed E-state index contributed by atoms with van der Waals surface area (Å²) in [5, 5.41) is 0. The standard InChI is InChI=1S/C16H19NS/c1-13-7-5-6-10-16(13)18-12-15(17)11-14-8-3-2-4-9-14/h2-10,15H,11-12,17H2,1H3. The topological polar surface area (TPSA) is 26.0 Å². The van der Waals surface area contributed by atoms with Crippen LogP contribution in [0.4, 0.5) is 0 Å². The van der Waals surface area contributed by atoms with Crippen LogP contribution in [-0.2, 0) is 6.42 Å². The summed E-state index contributed by atoms with van der Waals surface area (Å²) in [7, 11) is 0. The number of thioether (sulfide) groups is 1. The number of rotatable bonds is 5. The zero-order chi connectivity index (χ0) is 12.8. The lowest BCUT2D eigenvalue weighted by Crippen LogP contribution is -2.25. The summed E-state index contributed by atoms with van der Waals surface area (Å²) in [6.45, 7) is 2.14. The summed E-state index contributed by atoms with van der Waals surface area (Å²) in [4.78, 5) is 1.33. The van der Waals surface area contributed by atoms with Crippen molar-refractivity contribution in [3.63, 3.8) is 0 Å². The van der Waals surface area contributed by atoms with Gasteiger partial charge in [-0.3, -0.25) is 0 Å². The molecule has 2 aromatic rings. The van der Waals surface area contributed by atoms with Crippen molar-refractivity contribution >= 4 is 11.8 Å². The summed E-state index contributed by atoms with van der Waals surface area (Å²) < 4.78 is 0. The first-order valence-electron chi connectivity index (χ1n) is 6.23. The first-order valence-corrected chi connectivity index (χ1v) is 7.22. The minimum Gasteiger partial charge on any atom is -0.327 e. The molecule has 0 bridgehead atoms. The maximum atomic E-state index is 6.18. The minimum absolute atomic E-state index is 0.206. The Kier molecular flexibility index (Phi) is 4.85. The van der Waals surface area contributed by atoms with E-state index in [1.807, 2.05) is 17.8 Å². The maximum absolute atomic E-state index is 6.18. The largest absolute Gasteiger partial charge is 0.327 e. The highest BCUT2D eigenvalue weighted by Gasteiger charge is 2.06. The van der Waals surface area contributed by atoms with Crippen LogP contribution in [0.2, 0.25) is 0 Å². The Balaban J connectivity index is 1.86. The fraction of sp³-hybridized carbons (Fsp3) is 0.250. The van der Waals surface area contributed by atoms with Crippen LogP contribution in [0.25, 0.3) is 0 Å². The second kappa shape index (κ2) is 6.62. The van der Waals surface area contributed by atoms with Crippen molar-refractivity contribution in [2.45, 2.75) is 24.3 Å². The SMILES string of the molecule is Cc1ccccc1SCC(N)Cc1ccccc1. The van der Waals surface area contributed by atoms with Crippen LogP contribution in [0.3, 0.4) is 0 Å². The van der Waals surface area contributed by atoms with Gasteiger partial charge < -0.3 is 5.73 Å². The van der Waals surface area contributed by atoms with Gasteiger partial charge in [0.25, 0.3) is 0 Å². The number of aryl methyl sites for hydroxylation is 1. The van der Waals surface area contributed by atoms with E-state index in [9.17, 15) is 0 Å². The molecule has 2 heteroatoms. The molecule has 0 fully saturated rings. The van der Waals surface area contributed by atoms with Gasteiger partial charge in [0, 0.05) is 16.7 Å². The van der Waals surface area contributed by atoms with E-state index in [4.69, 9.17) is 5.73 Å². The second-order valence-corrected chi connectivity index (χ2v) is 5.59. The van der Waals surface area contributed by atoms with Crippen LogP contribution in [0.15, 0.2) is 59.5 Å². The molecule has 0 aliphatic carbocycles. The Morgan fingerprint density at radius 3 is 2.39 bits per heavy atom. The van der Waals surface area contributed by atoms with E-state index in [1.54, 1.807) is 0 Å². The smallest absolute Gasteiger partial charge is 0.0174 e. The molecule has 94 valence electrons. The first kappa shape index (κ1) is 13.2. The molecule has 0 radical (unpaired) electrons. The Labute approximate surface area is 113 Å². The van der Waals surface area contributed by atoms with Gasteiger partial charge in [0.05, 0.1) is 0 Å². The molecule has 0 saturated carbocycles. The van der Waals surface area contributed by atoms with Crippen molar-refractivity contribution in [2.24, 2.45) is 5.73 Å².